The van der Waals surface area contributed by atoms with E-state index in [0.29, 0.717) is 24.3 Å². The van der Waals surface area contributed by atoms with Crippen molar-refractivity contribution in [3.8, 4) is 28.0 Å². The first-order valence-corrected chi connectivity index (χ1v) is 12.7. The SMILES string of the molecule is CCCc1ccc(CCc2ccc(-c3ccc(-c4ccc(OCC)cc4)c(C(F)F)c3F)c(F)c2F)cc1. The minimum absolute atomic E-state index is 0.0215. The van der Waals surface area contributed by atoms with E-state index >= 15 is 8.78 Å². The number of hydrogen-bond acceptors (Lipinski definition) is 1. The van der Waals surface area contributed by atoms with Gasteiger partial charge >= 0.3 is 0 Å². The van der Waals surface area contributed by atoms with Crippen LogP contribution in [-0.4, -0.2) is 6.61 Å². The molecule has 4 aromatic rings. The highest BCUT2D eigenvalue weighted by Crippen LogP contribution is 2.39. The highest BCUT2D eigenvalue weighted by Gasteiger charge is 2.25. The lowest BCUT2D eigenvalue weighted by molar-refractivity contribution is 0.147. The molecule has 6 heteroatoms. The van der Waals surface area contributed by atoms with Gasteiger partial charge in [-0.05, 0) is 66.1 Å². The molecule has 4 aromatic carbocycles. The predicted molar refractivity (Wildman–Crippen MR) is 141 cm³/mol. The molecule has 0 N–H and O–H groups in total. The van der Waals surface area contributed by atoms with Gasteiger partial charge in [-0.2, -0.15) is 0 Å². The average Bonchev–Trinajstić information content (AvgIpc) is 2.91. The second kappa shape index (κ2) is 12.2. The zero-order chi connectivity index (χ0) is 27.2. The van der Waals surface area contributed by atoms with E-state index in [-0.39, 0.29) is 17.5 Å². The van der Waals surface area contributed by atoms with E-state index in [4.69, 9.17) is 4.74 Å². The Balaban J connectivity index is 1.62. The highest BCUT2D eigenvalue weighted by molar-refractivity contribution is 5.75. The van der Waals surface area contributed by atoms with Gasteiger partial charge in [-0.15, -0.1) is 0 Å². The molecule has 0 aliphatic heterocycles. The minimum Gasteiger partial charge on any atom is -0.494 e. The molecular formula is C32H29F5O. The zero-order valence-electron chi connectivity index (χ0n) is 21.3. The molecule has 0 spiro atoms. The smallest absolute Gasteiger partial charge is 0.267 e. The average molecular weight is 525 g/mol. The molecule has 0 fully saturated rings. The van der Waals surface area contributed by atoms with Crippen molar-refractivity contribution in [2.24, 2.45) is 0 Å². The second-order valence-corrected chi connectivity index (χ2v) is 9.11. The number of alkyl halides is 2. The molecule has 0 radical (unpaired) electrons. The fraction of sp³-hybridized carbons (Fsp3) is 0.250. The number of hydrogen-bond donors (Lipinski definition) is 0. The maximum atomic E-state index is 15.4. The van der Waals surface area contributed by atoms with Gasteiger partial charge in [-0.1, -0.05) is 74.0 Å². The lowest BCUT2D eigenvalue weighted by Gasteiger charge is -2.16. The molecule has 0 atom stereocenters. The van der Waals surface area contributed by atoms with E-state index in [1.54, 1.807) is 24.3 Å². The summed E-state index contributed by atoms with van der Waals surface area (Å²) in [4.78, 5) is 0. The molecule has 1 nitrogen and oxygen atoms in total. The van der Waals surface area contributed by atoms with Gasteiger partial charge in [0.1, 0.15) is 11.6 Å². The maximum Gasteiger partial charge on any atom is 0.267 e. The van der Waals surface area contributed by atoms with Crippen LogP contribution in [-0.2, 0) is 19.3 Å². The molecule has 0 unspecified atom stereocenters. The molecule has 0 aliphatic rings. The topological polar surface area (TPSA) is 9.23 Å². The van der Waals surface area contributed by atoms with Crippen molar-refractivity contribution < 1.29 is 26.7 Å². The van der Waals surface area contributed by atoms with Gasteiger partial charge in [-0.25, -0.2) is 22.0 Å². The summed E-state index contributed by atoms with van der Waals surface area (Å²) >= 11 is 0. The number of rotatable bonds is 10. The summed E-state index contributed by atoms with van der Waals surface area (Å²) in [6.45, 7) is 4.36. The Morgan fingerprint density at radius 1 is 0.605 bits per heavy atom. The minimum atomic E-state index is -3.16. The molecular weight excluding hydrogens is 495 g/mol. The van der Waals surface area contributed by atoms with Crippen LogP contribution in [0.15, 0.2) is 72.8 Å². The van der Waals surface area contributed by atoms with Gasteiger partial charge in [-0.3, -0.25) is 0 Å². The van der Waals surface area contributed by atoms with Crippen molar-refractivity contribution in [2.75, 3.05) is 6.61 Å². The van der Waals surface area contributed by atoms with Crippen LogP contribution in [0.4, 0.5) is 22.0 Å². The van der Waals surface area contributed by atoms with Gasteiger partial charge in [0.2, 0.25) is 0 Å². The molecule has 0 aliphatic carbocycles. The fourth-order valence-corrected chi connectivity index (χ4v) is 4.59. The first-order valence-electron chi connectivity index (χ1n) is 12.7. The fourth-order valence-electron chi connectivity index (χ4n) is 4.59. The summed E-state index contributed by atoms with van der Waals surface area (Å²) < 4.78 is 78.9. The number of aryl methyl sites for hydroxylation is 3. The normalized spacial score (nSPS) is 11.3. The lowest BCUT2D eigenvalue weighted by Crippen LogP contribution is -2.03. The Bertz CT molecular complexity index is 1380. The van der Waals surface area contributed by atoms with Gasteiger partial charge in [0.15, 0.2) is 11.6 Å². The summed E-state index contributed by atoms with van der Waals surface area (Å²) in [5.74, 6) is -3.07. The Kier molecular flexibility index (Phi) is 8.82. The van der Waals surface area contributed by atoms with Crippen molar-refractivity contribution in [1.82, 2.24) is 0 Å². The third-order valence-electron chi connectivity index (χ3n) is 6.57. The molecule has 0 heterocycles. The largest absolute Gasteiger partial charge is 0.494 e. The predicted octanol–water partition coefficient (Wildman–Crippen LogP) is 9.51. The van der Waals surface area contributed by atoms with Crippen molar-refractivity contribution in [1.29, 1.82) is 0 Å². The van der Waals surface area contributed by atoms with Crippen LogP contribution in [0.3, 0.4) is 0 Å². The zero-order valence-corrected chi connectivity index (χ0v) is 21.3. The molecule has 38 heavy (non-hydrogen) atoms. The van der Waals surface area contributed by atoms with E-state index in [0.717, 1.165) is 18.4 Å². The third kappa shape index (κ3) is 5.90. The van der Waals surface area contributed by atoms with Gasteiger partial charge in [0, 0.05) is 11.1 Å². The Hall–Kier alpha value is -3.67. The number of halogens is 5. The van der Waals surface area contributed by atoms with E-state index in [1.165, 1.54) is 29.8 Å². The summed E-state index contributed by atoms with van der Waals surface area (Å²) in [5, 5.41) is 0. The lowest BCUT2D eigenvalue weighted by atomic mass is 9.93. The Morgan fingerprint density at radius 3 is 1.79 bits per heavy atom. The van der Waals surface area contributed by atoms with Crippen LogP contribution in [0.2, 0.25) is 0 Å². The molecule has 0 saturated carbocycles. The van der Waals surface area contributed by atoms with Crippen LogP contribution in [0, 0.1) is 17.5 Å². The number of benzene rings is 4. The van der Waals surface area contributed by atoms with Crippen LogP contribution >= 0.6 is 0 Å². The van der Waals surface area contributed by atoms with E-state index in [1.807, 2.05) is 31.2 Å². The molecule has 0 bridgehead atoms. The molecule has 0 saturated heterocycles. The second-order valence-electron chi connectivity index (χ2n) is 9.11. The monoisotopic (exact) mass is 524 g/mol. The molecule has 4 rings (SSSR count). The van der Waals surface area contributed by atoms with Crippen LogP contribution in [0.1, 0.15) is 48.9 Å². The van der Waals surface area contributed by atoms with Gasteiger partial charge in [0.25, 0.3) is 6.43 Å². The van der Waals surface area contributed by atoms with Gasteiger partial charge < -0.3 is 4.74 Å². The maximum absolute atomic E-state index is 15.4. The molecule has 0 aromatic heterocycles. The standard InChI is InChI=1S/C32H29F5O/c1-3-5-20-6-8-21(9-7-20)10-11-23-14-17-27(31(35)29(23)33)26-19-18-25(28(30(26)34)32(36)37)22-12-15-24(16-13-22)38-4-2/h6-9,12-19,32H,3-5,10-11H2,1-2H3. The Labute approximate surface area is 219 Å². The highest BCUT2D eigenvalue weighted by atomic mass is 19.3. The van der Waals surface area contributed by atoms with Crippen LogP contribution < -0.4 is 4.74 Å². The van der Waals surface area contributed by atoms with Crippen molar-refractivity contribution in [3.05, 3.63) is 113 Å². The third-order valence-corrected chi connectivity index (χ3v) is 6.57. The summed E-state index contributed by atoms with van der Waals surface area (Å²) in [6.07, 6.45) is -0.389. The number of ether oxygens (including phenoxy) is 1. The van der Waals surface area contributed by atoms with Gasteiger partial charge in [0.05, 0.1) is 12.2 Å². The summed E-state index contributed by atoms with van der Waals surface area (Å²) in [7, 11) is 0. The molecule has 198 valence electrons. The first kappa shape index (κ1) is 27.4. The first-order chi connectivity index (χ1) is 18.3. The summed E-state index contributed by atoms with van der Waals surface area (Å²) in [5.41, 5.74) is 1.03. The van der Waals surface area contributed by atoms with Crippen LogP contribution in [0.5, 0.6) is 5.75 Å². The van der Waals surface area contributed by atoms with E-state index in [2.05, 4.69) is 6.92 Å². The van der Waals surface area contributed by atoms with Crippen LogP contribution in [0.25, 0.3) is 22.3 Å². The van der Waals surface area contributed by atoms with E-state index < -0.39 is 40.6 Å². The van der Waals surface area contributed by atoms with Crippen molar-refractivity contribution in [3.63, 3.8) is 0 Å². The molecule has 0 amide bonds. The van der Waals surface area contributed by atoms with Crippen molar-refractivity contribution >= 4 is 0 Å². The quantitative estimate of drug-likeness (QED) is 0.188. The summed E-state index contributed by atoms with van der Waals surface area (Å²) in [6, 6.07) is 19.5. The Morgan fingerprint density at radius 2 is 1.18 bits per heavy atom. The van der Waals surface area contributed by atoms with E-state index in [9.17, 15) is 13.2 Å². The van der Waals surface area contributed by atoms with Crippen molar-refractivity contribution in [2.45, 2.75) is 46.0 Å².